The van der Waals surface area contributed by atoms with Gasteiger partial charge in [0.2, 0.25) is 0 Å². The van der Waals surface area contributed by atoms with Crippen LogP contribution in [0.2, 0.25) is 0 Å². The maximum Gasteiger partial charge on any atom is 0.129 e. The monoisotopic (exact) mass is 151 g/mol. The Hall–Kier alpha value is -0.990. The summed E-state index contributed by atoms with van der Waals surface area (Å²) in [7, 11) is 2.12. The van der Waals surface area contributed by atoms with E-state index in [1.807, 2.05) is 6.20 Å². The molecular formula is C8H13N3. The van der Waals surface area contributed by atoms with E-state index in [1.165, 1.54) is 17.8 Å². The minimum Gasteiger partial charge on any atom is -0.360 e. The van der Waals surface area contributed by atoms with Gasteiger partial charge in [0.1, 0.15) is 5.82 Å². The molecule has 1 aromatic rings. The van der Waals surface area contributed by atoms with Crippen LogP contribution < -0.4 is 4.90 Å². The lowest BCUT2D eigenvalue weighted by molar-refractivity contribution is 0.532. The summed E-state index contributed by atoms with van der Waals surface area (Å²) >= 11 is 0. The minimum absolute atomic E-state index is 1.08. The summed E-state index contributed by atoms with van der Waals surface area (Å²) in [5, 5.41) is 4.28. The second-order valence-corrected chi connectivity index (χ2v) is 3.15. The fourth-order valence-corrected chi connectivity index (χ4v) is 1.70. The van der Waals surface area contributed by atoms with Gasteiger partial charge in [-0.15, -0.1) is 0 Å². The predicted octanol–water partition coefficient (Wildman–Crippen LogP) is 1.03. The highest BCUT2D eigenvalue weighted by molar-refractivity contribution is 5.46. The third kappa shape index (κ3) is 0.914. The van der Waals surface area contributed by atoms with Gasteiger partial charge in [-0.2, -0.15) is 5.10 Å². The van der Waals surface area contributed by atoms with Crippen LogP contribution in [0.3, 0.4) is 0 Å². The lowest BCUT2D eigenvalue weighted by Crippen LogP contribution is -2.28. The van der Waals surface area contributed by atoms with Crippen molar-refractivity contribution >= 4 is 5.82 Å². The molecule has 0 radical (unpaired) electrons. The second-order valence-electron chi connectivity index (χ2n) is 3.15. The Morgan fingerprint density at radius 3 is 3.00 bits per heavy atom. The lowest BCUT2D eigenvalue weighted by Gasteiger charge is -2.26. The first kappa shape index (κ1) is 6.70. The number of nitrogens with zero attached hydrogens (tertiary/aromatic N) is 3. The Bertz CT molecular complexity index is 264. The Kier molecular flexibility index (Phi) is 1.37. The van der Waals surface area contributed by atoms with E-state index in [9.17, 15) is 0 Å². The largest absolute Gasteiger partial charge is 0.360 e. The van der Waals surface area contributed by atoms with Crippen molar-refractivity contribution in [1.29, 1.82) is 0 Å². The van der Waals surface area contributed by atoms with Crippen LogP contribution in [-0.4, -0.2) is 23.4 Å². The number of rotatable bonds is 0. The van der Waals surface area contributed by atoms with E-state index in [-0.39, 0.29) is 0 Å². The minimum atomic E-state index is 1.08. The van der Waals surface area contributed by atoms with Gasteiger partial charge in [0, 0.05) is 25.7 Å². The number of hydrogen-bond acceptors (Lipinski definition) is 2. The van der Waals surface area contributed by atoms with Crippen LogP contribution in [0.25, 0.3) is 0 Å². The van der Waals surface area contributed by atoms with Crippen molar-refractivity contribution in [2.45, 2.75) is 19.9 Å². The van der Waals surface area contributed by atoms with Crippen LogP contribution in [0, 0.1) is 6.92 Å². The molecule has 0 spiro atoms. The van der Waals surface area contributed by atoms with Gasteiger partial charge >= 0.3 is 0 Å². The van der Waals surface area contributed by atoms with Crippen molar-refractivity contribution in [3.05, 3.63) is 11.8 Å². The number of anilines is 1. The summed E-state index contributed by atoms with van der Waals surface area (Å²) in [6, 6.07) is 0. The molecule has 3 heteroatoms. The highest BCUT2D eigenvalue weighted by Gasteiger charge is 2.15. The average Bonchev–Trinajstić information content (AvgIpc) is 2.34. The molecule has 0 fully saturated rings. The summed E-state index contributed by atoms with van der Waals surface area (Å²) < 4.78 is 2.08. The number of fused-ring (bicyclic) bond motifs is 1. The Morgan fingerprint density at radius 2 is 2.27 bits per heavy atom. The molecule has 1 aromatic heterocycles. The zero-order valence-electron chi connectivity index (χ0n) is 7.04. The molecule has 0 atom stereocenters. The van der Waals surface area contributed by atoms with E-state index in [0.717, 1.165) is 13.1 Å². The normalized spacial score (nSPS) is 16.7. The van der Waals surface area contributed by atoms with Crippen molar-refractivity contribution in [2.24, 2.45) is 0 Å². The van der Waals surface area contributed by atoms with Crippen molar-refractivity contribution in [2.75, 3.05) is 18.5 Å². The highest BCUT2D eigenvalue weighted by Crippen LogP contribution is 2.21. The fourth-order valence-electron chi connectivity index (χ4n) is 1.70. The number of aromatic nitrogens is 2. The molecule has 0 bridgehead atoms. The van der Waals surface area contributed by atoms with Crippen LogP contribution in [0.15, 0.2) is 6.20 Å². The first-order chi connectivity index (χ1) is 5.29. The number of aryl methyl sites for hydroxylation is 2. The third-order valence-electron chi connectivity index (χ3n) is 2.21. The Morgan fingerprint density at radius 1 is 1.45 bits per heavy atom. The van der Waals surface area contributed by atoms with E-state index in [0.29, 0.717) is 0 Å². The SMILES string of the molecule is Cc1cnn2c1N(C)CCC2. The van der Waals surface area contributed by atoms with Gasteiger partial charge in [-0.3, -0.25) is 0 Å². The van der Waals surface area contributed by atoms with Gasteiger partial charge in [0.15, 0.2) is 0 Å². The van der Waals surface area contributed by atoms with Gasteiger partial charge in [0.25, 0.3) is 0 Å². The fraction of sp³-hybridized carbons (Fsp3) is 0.625. The van der Waals surface area contributed by atoms with Crippen LogP contribution in [-0.2, 0) is 6.54 Å². The smallest absolute Gasteiger partial charge is 0.129 e. The first-order valence-electron chi connectivity index (χ1n) is 4.02. The molecule has 2 rings (SSSR count). The maximum atomic E-state index is 4.28. The highest BCUT2D eigenvalue weighted by atomic mass is 15.4. The predicted molar refractivity (Wildman–Crippen MR) is 44.9 cm³/mol. The maximum absolute atomic E-state index is 4.28. The zero-order valence-corrected chi connectivity index (χ0v) is 7.04. The zero-order chi connectivity index (χ0) is 7.84. The molecule has 2 heterocycles. The quantitative estimate of drug-likeness (QED) is 0.552. The first-order valence-corrected chi connectivity index (χ1v) is 4.02. The van der Waals surface area contributed by atoms with E-state index in [2.05, 4.69) is 28.7 Å². The molecule has 0 unspecified atom stereocenters. The van der Waals surface area contributed by atoms with Crippen molar-refractivity contribution in [1.82, 2.24) is 9.78 Å². The summed E-state index contributed by atoms with van der Waals surface area (Å²) in [6.45, 7) is 4.35. The molecule has 0 N–H and O–H groups in total. The molecule has 1 aliphatic rings. The van der Waals surface area contributed by atoms with Gasteiger partial charge in [-0.1, -0.05) is 0 Å². The molecule has 3 nitrogen and oxygen atoms in total. The van der Waals surface area contributed by atoms with Crippen molar-refractivity contribution in [3.8, 4) is 0 Å². The van der Waals surface area contributed by atoms with Crippen molar-refractivity contribution < 1.29 is 0 Å². The van der Waals surface area contributed by atoms with E-state index >= 15 is 0 Å². The third-order valence-corrected chi connectivity index (χ3v) is 2.21. The molecular weight excluding hydrogens is 138 g/mol. The van der Waals surface area contributed by atoms with Crippen LogP contribution in [0.5, 0.6) is 0 Å². The molecule has 0 saturated heterocycles. The van der Waals surface area contributed by atoms with Gasteiger partial charge < -0.3 is 4.90 Å². The van der Waals surface area contributed by atoms with Crippen molar-refractivity contribution in [3.63, 3.8) is 0 Å². The molecule has 11 heavy (non-hydrogen) atoms. The molecule has 1 aliphatic heterocycles. The molecule has 0 aliphatic carbocycles. The molecule has 0 aromatic carbocycles. The van der Waals surface area contributed by atoms with Gasteiger partial charge in [0.05, 0.1) is 6.20 Å². The summed E-state index contributed by atoms with van der Waals surface area (Å²) in [4.78, 5) is 2.27. The van der Waals surface area contributed by atoms with Crippen LogP contribution in [0.1, 0.15) is 12.0 Å². The molecule has 0 saturated carbocycles. The van der Waals surface area contributed by atoms with Gasteiger partial charge in [-0.05, 0) is 13.3 Å². The molecule has 60 valence electrons. The second kappa shape index (κ2) is 2.26. The summed E-state index contributed by atoms with van der Waals surface area (Å²) in [5.41, 5.74) is 1.28. The summed E-state index contributed by atoms with van der Waals surface area (Å²) in [5.74, 6) is 1.29. The lowest BCUT2D eigenvalue weighted by atomic mass is 10.3. The number of hydrogen-bond donors (Lipinski definition) is 0. The average molecular weight is 151 g/mol. The summed E-state index contributed by atoms with van der Waals surface area (Å²) in [6.07, 6.45) is 3.15. The van der Waals surface area contributed by atoms with Crippen LogP contribution >= 0.6 is 0 Å². The van der Waals surface area contributed by atoms with E-state index in [1.54, 1.807) is 0 Å². The molecule has 0 amide bonds. The standard InChI is InChI=1S/C8H13N3/c1-7-6-9-11-5-3-4-10(2)8(7)11/h6H,3-5H2,1-2H3. The van der Waals surface area contributed by atoms with E-state index < -0.39 is 0 Å². The Balaban J connectivity index is 2.48. The van der Waals surface area contributed by atoms with E-state index in [4.69, 9.17) is 0 Å². The van der Waals surface area contributed by atoms with Gasteiger partial charge in [-0.25, -0.2) is 4.68 Å². The topological polar surface area (TPSA) is 21.1 Å². The van der Waals surface area contributed by atoms with Crippen LogP contribution in [0.4, 0.5) is 5.82 Å². The Labute approximate surface area is 66.6 Å².